The van der Waals surface area contributed by atoms with E-state index in [1.54, 1.807) is 12.3 Å². The van der Waals surface area contributed by atoms with Crippen molar-refractivity contribution in [3.05, 3.63) is 22.8 Å². The summed E-state index contributed by atoms with van der Waals surface area (Å²) in [5.41, 5.74) is 0. The summed E-state index contributed by atoms with van der Waals surface area (Å²) in [6, 6.07) is 3.61. The Morgan fingerprint density at radius 3 is 2.80 bits per heavy atom. The van der Waals surface area contributed by atoms with Gasteiger partial charge in [-0.25, -0.2) is 4.98 Å². The van der Waals surface area contributed by atoms with Crippen LogP contribution in [0, 0.1) is 5.92 Å². The Hall–Kier alpha value is -1.10. The lowest BCUT2D eigenvalue weighted by molar-refractivity contribution is -0.148. The predicted octanol–water partition coefficient (Wildman–Crippen LogP) is 2.09. The number of carboxylic acids is 1. The van der Waals surface area contributed by atoms with Crippen molar-refractivity contribution in [1.29, 1.82) is 0 Å². The maximum atomic E-state index is 10.5. The van der Waals surface area contributed by atoms with E-state index in [1.165, 1.54) is 0 Å². The van der Waals surface area contributed by atoms with Gasteiger partial charge in [0.1, 0.15) is 6.10 Å². The monoisotopic (exact) mass is 271 g/mol. The van der Waals surface area contributed by atoms with Crippen molar-refractivity contribution in [2.45, 2.75) is 18.9 Å². The Labute approximate surface area is 95.4 Å². The molecule has 2 rings (SSSR count). The van der Waals surface area contributed by atoms with Gasteiger partial charge >= 0.3 is 5.97 Å². The van der Waals surface area contributed by atoms with Crippen LogP contribution >= 0.6 is 15.9 Å². The molecule has 1 aromatic rings. The lowest BCUT2D eigenvalue weighted by Crippen LogP contribution is -2.38. The smallest absolute Gasteiger partial charge is 0.306 e. The fraction of sp³-hybridized carbons (Fsp3) is 0.400. The number of ether oxygens (including phenoxy) is 1. The molecule has 1 fully saturated rings. The van der Waals surface area contributed by atoms with E-state index in [2.05, 4.69) is 20.9 Å². The van der Waals surface area contributed by atoms with E-state index >= 15 is 0 Å². The molecular weight excluding hydrogens is 262 g/mol. The van der Waals surface area contributed by atoms with Gasteiger partial charge < -0.3 is 9.84 Å². The number of nitrogens with zero attached hydrogens (tertiary/aromatic N) is 1. The van der Waals surface area contributed by atoms with Crippen LogP contribution in [0.1, 0.15) is 12.8 Å². The first-order valence-electron chi connectivity index (χ1n) is 4.66. The molecule has 1 aliphatic carbocycles. The molecule has 4 nitrogen and oxygen atoms in total. The van der Waals surface area contributed by atoms with Crippen molar-refractivity contribution < 1.29 is 14.6 Å². The molecule has 1 aromatic heterocycles. The summed E-state index contributed by atoms with van der Waals surface area (Å²) in [5.74, 6) is -0.434. The van der Waals surface area contributed by atoms with Gasteiger partial charge in [-0.05, 0) is 34.8 Å². The summed E-state index contributed by atoms with van der Waals surface area (Å²) in [5, 5.41) is 8.68. The lowest BCUT2D eigenvalue weighted by atomic mass is 9.82. The molecule has 1 heterocycles. The number of pyridine rings is 1. The van der Waals surface area contributed by atoms with Gasteiger partial charge in [0, 0.05) is 16.7 Å². The highest BCUT2D eigenvalue weighted by atomic mass is 79.9. The van der Waals surface area contributed by atoms with Gasteiger partial charge in [0.25, 0.3) is 0 Å². The van der Waals surface area contributed by atoms with Crippen molar-refractivity contribution in [2.75, 3.05) is 0 Å². The van der Waals surface area contributed by atoms with Crippen LogP contribution in [0.3, 0.4) is 0 Å². The third-order valence-electron chi connectivity index (χ3n) is 2.43. The van der Waals surface area contributed by atoms with E-state index in [0.717, 1.165) is 4.47 Å². The largest absolute Gasteiger partial charge is 0.481 e. The van der Waals surface area contributed by atoms with Crippen LogP contribution in [-0.2, 0) is 4.79 Å². The SMILES string of the molecule is O=C(O)C1CC(Oc2ccc(Br)cn2)C1. The van der Waals surface area contributed by atoms with Gasteiger partial charge in [-0.3, -0.25) is 4.79 Å². The number of halogens is 1. The van der Waals surface area contributed by atoms with Gasteiger partial charge in [-0.15, -0.1) is 0 Å². The van der Waals surface area contributed by atoms with Gasteiger partial charge in [0.15, 0.2) is 0 Å². The second-order valence-corrected chi connectivity index (χ2v) is 4.48. The number of rotatable bonds is 3. The number of aliphatic carboxylic acids is 1. The highest BCUT2D eigenvalue weighted by Crippen LogP contribution is 2.30. The first kappa shape index (κ1) is 10.4. The minimum Gasteiger partial charge on any atom is -0.481 e. The molecule has 0 atom stereocenters. The molecule has 1 saturated carbocycles. The first-order valence-corrected chi connectivity index (χ1v) is 5.45. The Bertz CT molecular complexity index is 359. The minimum absolute atomic E-state index is 0.000208. The lowest BCUT2D eigenvalue weighted by Gasteiger charge is -2.31. The first-order chi connectivity index (χ1) is 7.15. The van der Waals surface area contributed by atoms with Gasteiger partial charge in [0.05, 0.1) is 5.92 Å². The second-order valence-electron chi connectivity index (χ2n) is 3.56. The molecule has 5 heteroatoms. The number of aromatic nitrogens is 1. The molecule has 0 aromatic carbocycles. The molecule has 80 valence electrons. The van der Waals surface area contributed by atoms with Crippen molar-refractivity contribution in [3.63, 3.8) is 0 Å². The van der Waals surface area contributed by atoms with E-state index in [9.17, 15) is 4.79 Å². The van der Waals surface area contributed by atoms with E-state index in [4.69, 9.17) is 9.84 Å². The van der Waals surface area contributed by atoms with E-state index in [0.29, 0.717) is 18.7 Å². The molecule has 0 bridgehead atoms. The van der Waals surface area contributed by atoms with E-state index < -0.39 is 5.97 Å². The predicted molar refractivity (Wildman–Crippen MR) is 56.7 cm³/mol. The third-order valence-corrected chi connectivity index (χ3v) is 2.90. The van der Waals surface area contributed by atoms with Crippen molar-refractivity contribution in [2.24, 2.45) is 5.92 Å². The van der Waals surface area contributed by atoms with Crippen LogP contribution in [0.15, 0.2) is 22.8 Å². The van der Waals surface area contributed by atoms with Crippen molar-refractivity contribution >= 4 is 21.9 Å². The normalized spacial score (nSPS) is 24.3. The molecule has 1 N–H and O–H groups in total. The molecule has 0 unspecified atom stereocenters. The number of hydrogen-bond donors (Lipinski definition) is 1. The molecule has 0 radical (unpaired) electrons. The number of carboxylic acid groups (broad SMARTS) is 1. The average molecular weight is 272 g/mol. The zero-order chi connectivity index (χ0) is 10.8. The van der Waals surface area contributed by atoms with Crippen molar-refractivity contribution in [3.8, 4) is 5.88 Å². The maximum absolute atomic E-state index is 10.5. The summed E-state index contributed by atoms with van der Waals surface area (Å²) < 4.78 is 6.39. The van der Waals surface area contributed by atoms with E-state index in [-0.39, 0.29) is 12.0 Å². The van der Waals surface area contributed by atoms with Crippen LogP contribution in [0.2, 0.25) is 0 Å². The quantitative estimate of drug-likeness (QED) is 0.915. The zero-order valence-corrected chi connectivity index (χ0v) is 9.48. The summed E-state index contributed by atoms with van der Waals surface area (Å²) in [7, 11) is 0. The van der Waals surface area contributed by atoms with Crippen LogP contribution in [-0.4, -0.2) is 22.2 Å². The Kier molecular flexibility index (Phi) is 2.90. The summed E-state index contributed by atoms with van der Waals surface area (Å²) in [4.78, 5) is 14.6. The van der Waals surface area contributed by atoms with Crippen LogP contribution in [0.25, 0.3) is 0 Å². The van der Waals surface area contributed by atoms with Gasteiger partial charge in [-0.2, -0.15) is 0 Å². The fourth-order valence-electron chi connectivity index (χ4n) is 1.47. The van der Waals surface area contributed by atoms with Crippen LogP contribution in [0.5, 0.6) is 5.88 Å². The highest BCUT2D eigenvalue weighted by molar-refractivity contribution is 9.10. The van der Waals surface area contributed by atoms with Crippen LogP contribution in [0.4, 0.5) is 0 Å². The molecule has 0 spiro atoms. The second kappa shape index (κ2) is 4.18. The summed E-state index contributed by atoms with van der Waals surface area (Å²) in [6.07, 6.45) is 2.81. The highest BCUT2D eigenvalue weighted by Gasteiger charge is 2.36. The number of hydrogen-bond acceptors (Lipinski definition) is 3. The standard InChI is InChI=1S/C10H10BrNO3/c11-7-1-2-9(12-5-7)15-8-3-6(4-8)10(13)14/h1-2,5-6,8H,3-4H2,(H,13,14). The fourth-order valence-corrected chi connectivity index (χ4v) is 1.70. The Morgan fingerprint density at radius 1 is 1.53 bits per heavy atom. The summed E-state index contributed by atoms with van der Waals surface area (Å²) in [6.45, 7) is 0. The molecule has 15 heavy (non-hydrogen) atoms. The molecule has 0 aliphatic heterocycles. The maximum Gasteiger partial charge on any atom is 0.306 e. The zero-order valence-electron chi connectivity index (χ0n) is 7.89. The third kappa shape index (κ3) is 2.47. The molecule has 1 aliphatic rings. The van der Waals surface area contributed by atoms with Crippen LogP contribution < -0.4 is 4.74 Å². The average Bonchev–Trinajstić information content (AvgIpc) is 2.13. The van der Waals surface area contributed by atoms with E-state index in [1.807, 2.05) is 6.07 Å². The minimum atomic E-state index is -0.737. The van der Waals surface area contributed by atoms with Gasteiger partial charge in [-0.1, -0.05) is 0 Å². The summed E-state index contributed by atoms with van der Waals surface area (Å²) >= 11 is 3.28. The van der Waals surface area contributed by atoms with Crippen molar-refractivity contribution in [1.82, 2.24) is 4.98 Å². The topological polar surface area (TPSA) is 59.4 Å². The Morgan fingerprint density at radius 2 is 2.27 bits per heavy atom. The Balaban J connectivity index is 1.85. The molecule has 0 saturated heterocycles. The van der Waals surface area contributed by atoms with Gasteiger partial charge in [0.2, 0.25) is 5.88 Å². The molecular formula is C10H10BrNO3. The number of carbonyl (C=O) groups is 1. The molecule has 0 amide bonds.